The summed E-state index contributed by atoms with van der Waals surface area (Å²) in [6.45, 7) is 6.97. The van der Waals surface area contributed by atoms with Crippen LogP contribution in [0.4, 0.5) is 4.79 Å². The number of aliphatic carboxylic acids is 1. The van der Waals surface area contributed by atoms with Crippen molar-refractivity contribution >= 4 is 12.1 Å². The van der Waals surface area contributed by atoms with E-state index in [1.165, 1.54) is 0 Å². The first-order valence-electron chi connectivity index (χ1n) is 5.53. The molecule has 0 spiro atoms. The maximum atomic E-state index is 11.4. The summed E-state index contributed by atoms with van der Waals surface area (Å²) in [7, 11) is 0. The van der Waals surface area contributed by atoms with Crippen LogP contribution in [0.25, 0.3) is 0 Å². The van der Waals surface area contributed by atoms with Crippen molar-refractivity contribution in [2.45, 2.75) is 45.8 Å². The molecule has 6 nitrogen and oxygen atoms in total. The minimum atomic E-state index is -1.03. The molecule has 0 rings (SSSR count). The second kappa shape index (κ2) is 7.11. The van der Waals surface area contributed by atoms with Gasteiger partial charge in [-0.05, 0) is 27.2 Å². The van der Waals surface area contributed by atoms with Gasteiger partial charge in [-0.2, -0.15) is 0 Å². The molecule has 0 aromatic carbocycles. The van der Waals surface area contributed by atoms with E-state index in [2.05, 4.69) is 5.32 Å². The second-order valence-corrected chi connectivity index (χ2v) is 4.66. The highest BCUT2D eigenvalue weighted by Gasteiger charge is 2.18. The Bertz CT molecular complexity index is 259. The van der Waals surface area contributed by atoms with Gasteiger partial charge in [0.15, 0.2) is 0 Å². The lowest BCUT2D eigenvalue weighted by Crippen LogP contribution is -2.41. The van der Waals surface area contributed by atoms with Crippen LogP contribution >= 0.6 is 0 Å². The summed E-state index contributed by atoms with van der Waals surface area (Å²) >= 11 is 0. The Morgan fingerprint density at radius 2 is 1.94 bits per heavy atom. The minimum Gasteiger partial charge on any atom is -0.480 e. The molecule has 0 saturated carbocycles. The number of alkyl carbamates (subject to hydrolysis) is 1. The number of hydrogen-bond donors (Lipinski definition) is 2. The van der Waals surface area contributed by atoms with Crippen molar-refractivity contribution in [3.05, 3.63) is 0 Å². The summed E-state index contributed by atoms with van der Waals surface area (Å²) in [6, 6.07) is -0.246. The molecule has 0 fully saturated rings. The van der Waals surface area contributed by atoms with Crippen LogP contribution in [0.3, 0.4) is 0 Å². The Balaban J connectivity index is 3.95. The van der Waals surface area contributed by atoms with Gasteiger partial charge in [0.2, 0.25) is 0 Å². The van der Waals surface area contributed by atoms with E-state index in [0.717, 1.165) is 0 Å². The Labute approximate surface area is 101 Å². The van der Waals surface area contributed by atoms with Gasteiger partial charge in [-0.3, -0.25) is 0 Å². The summed E-state index contributed by atoms with van der Waals surface area (Å²) in [5.74, 6) is -1.03. The van der Waals surface area contributed by atoms with Gasteiger partial charge in [0.05, 0.1) is 12.6 Å². The lowest BCUT2D eigenvalue weighted by Gasteiger charge is -2.22. The van der Waals surface area contributed by atoms with Crippen molar-refractivity contribution in [2.75, 3.05) is 13.2 Å². The number of nitrogens with one attached hydrogen (secondary N) is 1. The fraction of sp³-hybridized carbons (Fsp3) is 0.818. The van der Waals surface area contributed by atoms with Crippen LogP contribution in [0, 0.1) is 0 Å². The molecule has 100 valence electrons. The Hall–Kier alpha value is -1.30. The maximum absolute atomic E-state index is 11.4. The SMILES string of the molecule is CCC(COCC(=O)O)NC(=O)OC(C)(C)C. The number of hydrogen-bond acceptors (Lipinski definition) is 4. The average molecular weight is 247 g/mol. The molecule has 0 aromatic heterocycles. The van der Waals surface area contributed by atoms with Crippen LogP contribution in [0.2, 0.25) is 0 Å². The van der Waals surface area contributed by atoms with Gasteiger partial charge in [-0.15, -0.1) is 0 Å². The van der Waals surface area contributed by atoms with E-state index in [9.17, 15) is 9.59 Å². The molecule has 0 radical (unpaired) electrons. The Kier molecular flexibility index (Phi) is 6.57. The quantitative estimate of drug-likeness (QED) is 0.741. The molecule has 6 heteroatoms. The molecule has 0 saturated heterocycles. The maximum Gasteiger partial charge on any atom is 0.407 e. The lowest BCUT2D eigenvalue weighted by atomic mass is 10.2. The fourth-order valence-corrected chi connectivity index (χ4v) is 1.02. The zero-order valence-corrected chi connectivity index (χ0v) is 10.8. The molecule has 0 aliphatic rings. The Morgan fingerprint density at radius 3 is 2.35 bits per heavy atom. The zero-order chi connectivity index (χ0) is 13.5. The highest BCUT2D eigenvalue weighted by molar-refractivity contribution is 5.68. The van der Waals surface area contributed by atoms with Crippen LogP contribution in [0.1, 0.15) is 34.1 Å². The van der Waals surface area contributed by atoms with Gasteiger partial charge in [0.1, 0.15) is 12.2 Å². The molecule has 1 amide bonds. The van der Waals surface area contributed by atoms with Gasteiger partial charge in [-0.25, -0.2) is 9.59 Å². The second-order valence-electron chi connectivity index (χ2n) is 4.66. The van der Waals surface area contributed by atoms with Crippen molar-refractivity contribution in [3.8, 4) is 0 Å². The van der Waals surface area contributed by atoms with Crippen LogP contribution < -0.4 is 5.32 Å². The molecule has 1 atom stereocenters. The van der Waals surface area contributed by atoms with Crippen molar-refractivity contribution in [3.63, 3.8) is 0 Å². The molecular weight excluding hydrogens is 226 g/mol. The van der Waals surface area contributed by atoms with Crippen LogP contribution in [-0.2, 0) is 14.3 Å². The van der Waals surface area contributed by atoms with E-state index >= 15 is 0 Å². The summed E-state index contributed by atoms with van der Waals surface area (Å²) in [4.78, 5) is 21.7. The average Bonchev–Trinajstić information content (AvgIpc) is 2.12. The number of carbonyl (C=O) groups excluding carboxylic acids is 1. The summed E-state index contributed by atoms with van der Waals surface area (Å²) in [5.41, 5.74) is -0.551. The van der Waals surface area contributed by atoms with Gasteiger partial charge in [-0.1, -0.05) is 6.92 Å². The standard InChI is InChI=1S/C11H21NO5/c1-5-8(6-16-7-9(13)14)12-10(15)17-11(2,3)4/h8H,5-7H2,1-4H3,(H,12,15)(H,13,14). The number of amides is 1. The predicted molar refractivity (Wildman–Crippen MR) is 61.9 cm³/mol. The molecule has 2 N–H and O–H groups in total. The first kappa shape index (κ1) is 15.7. The van der Waals surface area contributed by atoms with Crippen LogP contribution in [0.15, 0.2) is 0 Å². The van der Waals surface area contributed by atoms with Crippen LogP contribution in [0.5, 0.6) is 0 Å². The van der Waals surface area contributed by atoms with Crippen molar-refractivity contribution < 1.29 is 24.2 Å². The summed E-state index contributed by atoms with van der Waals surface area (Å²) in [6.07, 6.45) is 0.113. The van der Waals surface area contributed by atoms with Crippen molar-refractivity contribution in [1.29, 1.82) is 0 Å². The number of rotatable bonds is 6. The monoisotopic (exact) mass is 247 g/mol. The highest BCUT2D eigenvalue weighted by Crippen LogP contribution is 2.07. The molecule has 1 unspecified atom stereocenters. The minimum absolute atomic E-state index is 0.155. The van der Waals surface area contributed by atoms with Gasteiger partial charge >= 0.3 is 12.1 Å². The third kappa shape index (κ3) is 9.62. The number of carbonyl (C=O) groups is 2. The molecule has 17 heavy (non-hydrogen) atoms. The van der Waals surface area contributed by atoms with Crippen molar-refractivity contribution in [1.82, 2.24) is 5.32 Å². The zero-order valence-electron chi connectivity index (χ0n) is 10.8. The largest absolute Gasteiger partial charge is 0.480 e. The summed E-state index contributed by atoms with van der Waals surface area (Å²) in [5, 5.41) is 11.0. The first-order chi connectivity index (χ1) is 7.74. The highest BCUT2D eigenvalue weighted by atomic mass is 16.6. The third-order valence-corrected chi connectivity index (χ3v) is 1.76. The van der Waals surface area contributed by atoms with Gasteiger partial charge in [0.25, 0.3) is 0 Å². The van der Waals surface area contributed by atoms with E-state index in [0.29, 0.717) is 6.42 Å². The molecule has 0 aromatic rings. The summed E-state index contributed by atoms with van der Waals surface area (Å²) < 4.78 is 9.98. The van der Waals surface area contributed by atoms with Gasteiger partial charge < -0.3 is 19.9 Å². The molecule has 0 heterocycles. The molecule has 0 aliphatic heterocycles. The van der Waals surface area contributed by atoms with E-state index < -0.39 is 17.7 Å². The number of carboxylic acid groups (broad SMARTS) is 1. The Morgan fingerprint density at radius 1 is 1.35 bits per heavy atom. The topological polar surface area (TPSA) is 84.9 Å². The molecular formula is C11H21NO5. The van der Waals surface area contributed by atoms with E-state index in [1.807, 2.05) is 6.92 Å². The smallest absolute Gasteiger partial charge is 0.407 e. The van der Waals surface area contributed by atoms with E-state index in [-0.39, 0.29) is 19.3 Å². The fourth-order valence-electron chi connectivity index (χ4n) is 1.02. The normalized spacial score (nSPS) is 12.9. The number of carboxylic acids is 1. The molecule has 0 bridgehead atoms. The lowest BCUT2D eigenvalue weighted by molar-refractivity contribution is -0.142. The number of ether oxygens (including phenoxy) is 2. The predicted octanol–water partition coefficient (Wildman–Crippen LogP) is 1.39. The van der Waals surface area contributed by atoms with Gasteiger partial charge in [0, 0.05) is 0 Å². The van der Waals surface area contributed by atoms with E-state index in [1.54, 1.807) is 20.8 Å². The van der Waals surface area contributed by atoms with Crippen molar-refractivity contribution in [2.24, 2.45) is 0 Å². The van der Waals surface area contributed by atoms with E-state index in [4.69, 9.17) is 14.6 Å². The molecule has 0 aliphatic carbocycles. The first-order valence-corrected chi connectivity index (χ1v) is 5.53. The van der Waals surface area contributed by atoms with Crippen LogP contribution in [-0.4, -0.2) is 42.0 Å². The third-order valence-electron chi connectivity index (χ3n) is 1.76.